The normalized spacial score (nSPS) is 10.5. The maximum atomic E-state index is 11.1. The van der Waals surface area contributed by atoms with Crippen molar-refractivity contribution in [2.24, 2.45) is 0 Å². The van der Waals surface area contributed by atoms with Gasteiger partial charge in [0.25, 0.3) is 5.69 Å². The van der Waals surface area contributed by atoms with Crippen LogP contribution in [0.4, 0.5) is 5.69 Å². The topological polar surface area (TPSA) is 111 Å². The van der Waals surface area contributed by atoms with E-state index >= 15 is 0 Å². The minimum absolute atomic E-state index is 0.146. The third-order valence-electron chi connectivity index (χ3n) is 2.86. The first-order chi connectivity index (χ1) is 9.45. The number of hydrogen-bond acceptors (Lipinski definition) is 5. The van der Waals surface area contributed by atoms with Crippen molar-refractivity contribution in [3.63, 3.8) is 0 Å². The van der Waals surface area contributed by atoms with Crippen molar-refractivity contribution in [1.82, 2.24) is 15.0 Å². The molecule has 1 aromatic carbocycles. The number of rotatable bonds is 4. The van der Waals surface area contributed by atoms with Gasteiger partial charge in [-0.25, -0.2) is 9.48 Å². The zero-order valence-corrected chi connectivity index (χ0v) is 10.9. The maximum Gasteiger partial charge on any atom is 0.358 e. The van der Waals surface area contributed by atoms with E-state index in [4.69, 9.17) is 5.11 Å². The molecule has 8 heteroatoms. The van der Waals surface area contributed by atoms with E-state index in [9.17, 15) is 14.9 Å². The summed E-state index contributed by atoms with van der Waals surface area (Å²) in [7, 11) is 0. The molecule has 1 aromatic heterocycles. The zero-order chi connectivity index (χ0) is 14.9. The molecule has 0 fully saturated rings. The van der Waals surface area contributed by atoms with Crippen LogP contribution in [-0.2, 0) is 6.42 Å². The molecule has 0 aliphatic carbocycles. The van der Waals surface area contributed by atoms with Gasteiger partial charge in [-0.2, -0.15) is 0 Å². The van der Waals surface area contributed by atoms with Gasteiger partial charge in [0.05, 0.1) is 10.6 Å². The first-order valence-corrected chi connectivity index (χ1v) is 5.89. The molecule has 0 spiro atoms. The van der Waals surface area contributed by atoms with Gasteiger partial charge in [-0.3, -0.25) is 10.1 Å². The Morgan fingerprint density at radius 1 is 1.50 bits per heavy atom. The lowest BCUT2D eigenvalue weighted by Crippen LogP contribution is -2.08. The molecule has 0 atom stereocenters. The SMILES string of the molecule is CCc1c(C(=O)O)nnn1-c1cc(C)ccc1[N+](=O)[O-]. The number of aromatic carboxylic acids is 1. The Labute approximate surface area is 113 Å². The minimum atomic E-state index is -1.21. The molecule has 1 N–H and O–H groups in total. The molecule has 0 aliphatic heterocycles. The molecule has 104 valence electrons. The van der Waals surface area contributed by atoms with Crippen molar-refractivity contribution < 1.29 is 14.8 Å². The van der Waals surface area contributed by atoms with E-state index in [0.29, 0.717) is 12.1 Å². The molecule has 1 heterocycles. The number of benzene rings is 1. The monoisotopic (exact) mass is 276 g/mol. The Balaban J connectivity index is 2.71. The Kier molecular flexibility index (Phi) is 3.47. The predicted molar refractivity (Wildman–Crippen MR) is 69.1 cm³/mol. The van der Waals surface area contributed by atoms with Gasteiger partial charge in [0.1, 0.15) is 5.69 Å². The number of hydrogen-bond donors (Lipinski definition) is 1. The summed E-state index contributed by atoms with van der Waals surface area (Å²) in [5.41, 5.74) is 1.01. The lowest BCUT2D eigenvalue weighted by Gasteiger charge is -2.06. The summed E-state index contributed by atoms with van der Waals surface area (Å²) < 4.78 is 1.22. The van der Waals surface area contributed by atoms with Crippen LogP contribution in [0.3, 0.4) is 0 Å². The number of carboxylic acids is 1. The summed E-state index contributed by atoms with van der Waals surface area (Å²) in [4.78, 5) is 21.6. The van der Waals surface area contributed by atoms with Gasteiger partial charge in [-0.1, -0.05) is 18.2 Å². The molecular formula is C12H12N4O4. The van der Waals surface area contributed by atoms with Crippen molar-refractivity contribution in [1.29, 1.82) is 0 Å². The summed E-state index contributed by atoms with van der Waals surface area (Å²) in [6.45, 7) is 3.52. The maximum absolute atomic E-state index is 11.1. The lowest BCUT2D eigenvalue weighted by molar-refractivity contribution is -0.384. The second kappa shape index (κ2) is 5.08. The van der Waals surface area contributed by atoms with Crippen LogP contribution in [0.1, 0.15) is 28.7 Å². The molecule has 2 aromatic rings. The summed E-state index contributed by atoms with van der Waals surface area (Å²) in [6.07, 6.45) is 0.347. The highest BCUT2D eigenvalue weighted by Gasteiger charge is 2.23. The van der Waals surface area contributed by atoms with E-state index in [1.54, 1.807) is 26.0 Å². The van der Waals surface area contributed by atoms with Crippen LogP contribution in [0.5, 0.6) is 0 Å². The first-order valence-electron chi connectivity index (χ1n) is 5.89. The quantitative estimate of drug-likeness (QED) is 0.672. The molecule has 0 saturated heterocycles. The molecule has 8 nitrogen and oxygen atoms in total. The molecule has 0 radical (unpaired) electrons. The van der Waals surface area contributed by atoms with Crippen molar-refractivity contribution in [3.05, 3.63) is 45.3 Å². The van der Waals surface area contributed by atoms with Gasteiger partial charge < -0.3 is 5.11 Å². The van der Waals surface area contributed by atoms with Crippen LogP contribution < -0.4 is 0 Å². The van der Waals surface area contributed by atoms with E-state index in [2.05, 4.69) is 10.3 Å². The third kappa shape index (κ3) is 2.22. The smallest absolute Gasteiger partial charge is 0.358 e. The molecule has 0 aliphatic rings. The van der Waals surface area contributed by atoms with Crippen LogP contribution in [0.15, 0.2) is 18.2 Å². The van der Waals surface area contributed by atoms with Gasteiger partial charge in [-0.05, 0) is 25.0 Å². The average molecular weight is 276 g/mol. The first kappa shape index (κ1) is 13.7. The highest BCUT2D eigenvalue weighted by atomic mass is 16.6. The molecule has 0 bridgehead atoms. The number of carbonyl (C=O) groups is 1. The standard InChI is InChI=1S/C12H12N4O4/c1-3-8-11(12(17)18)13-14-15(8)10-6-7(2)4-5-9(10)16(19)20/h4-6H,3H2,1-2H3,(H,17,18). The van der Waals surface area contributed by atoms with Gasteiger partial charge in [0, 0.05) is 6.07 Å². The summed E-state index contributed by atoms with van der Waals surface area (Å²) in [5.74, 6) is -1.21. The van der Waals surface area contributed by atoms with Crippen LogP contribution in [0.25, 0.3) is 5.69 Å². The Morgan fingerprint density at radius 3 is 2.75 bits per heavy atom. The second-order valence-electron chi connectivity index (χ2n) is 4.20. The fourth-order valence-electron chi connectivity index (χ4n) is 1.94. The van der Waals surface area contributed by atoms with E-state index < -0.39 is 10.9 Å². The largest absolute Gasteiger partial charge is 0.476 e. The minimum Gasteiger partial charge on any atom is -0.476 e. The molecule has 0 saturated carbocycles. The number of aryl methyl sites for hydroxylation is 1. The fourth-order valence-corrected chi connectivity index (χ4v) is 1.94. The lowest BCUT2D eigenvalue weighted by atomic mass is 10.1. The van der Waals surface area contributed by atoms with E-state index in [1.165, 1.54) is 10.7 Å². The number of nitro benzene ring substituents is 1. The van der Waals surface area contributed by atoms with Crippen LogP contribution in [0.2, 0.25) is 0 Å². The van der Waals surface area contributed by atoms with E-state index in [-0.39, 0.29) is 17.1 Å². The molecular weight excluding hydrogens is 264 g/mol. The molecule has 2 rings (SSSR count). The average Bonchev–Trinajstić information content (AvgIpc) is 2.81. The molecule has 0 unspecified atom stereocenters. The highest BCUT2D eigenvalue weighted by Crippen LogP contribution is 2.25. The second-order valence-corrected chi connectivity index (χ2v) is 4.20. The molecule has 20 heavy (non-hydrogen) atoms. The number of aromatic nitrogens is 3. The van der Waals surface area contributed by atoms with Crippen LogP contribution in [0, 0.1) is 17.0 Å². The van der Waals surface area contributed by atoms with Crippen LogP contribution in [-0.4, -0.2) is 31.0 Å². The summed E-state index contributed by atoms with van der Waals surface area (Å²) in [6, 6.07) is 4.56. The third-order valence-corrected chi connectivity index (χ3v) is 2.86. The van der Waals surface area contributed by atoms with Crippen molar-refractivity contribution in [2.45, 2.75) is 20.3 Å². The van der Waals surface area contributed by atoms with E-state index in [0.717, 1.165) is 5.56 Å². The number of carboxylic acid groups (broad SMARTS) is 1. The zero-order valence-electron chi connectivity index (χ0n) is 10.9. The van der Waals surface area contributed by atoms with Crippen molar-refractivity contribution in [3.8, 4) is 5.69 Å². The van der Waals surface area contributed by atoms with Gasteiger partial charge in [0.15, 0.2) is 5.69 Å². The number of nitrogens with zero attached hydrogens (tertiary/aromatic N) is 4. The Morgan fingerprint density at radius 2 is 2.20 bits per heavy atom. The summed E-state index contributed by atoms with van der Waals surface area (Å²) >= 11 is 0. The predicted octanol–water partition coefficient (Wildman–Crippen LogP) is 1.74. The van der Waals surface area contributed by atoms with Gasteiger partial charge in [-0.15, -0.1) is 5.10 Å². The fraction of sp³-hybridized carbons (Fsp3) is 0.250. The summed E-state index contributed by atoms with van der Waals surface area (Å²) in [5, 5.41) is 27.4. The highest BCUT2D eigenvalue weighted by molar-refractivity contribution is 5.86. The Bertz CT molecular complexity index is 693. The van der Waals surface area contributed by atoms with Crippen molar-refractivity contribution >= 4 is 11.7 Å². The van der Waals surface area contributed by atoms with E-state index in [1.807, 2.05) is 0 Å². The Hall–Kier alpha value is -2.77. The van der Waals surface area contributed by atoms with Crippen molar-refractivity contribution in [2.75, 3.05) is 0 Å². The van der Waals surface area contributed by atoms with Gasteiger partial charge in [0.2, 0.25) is 0 Å². The van der Waals surface area contributed by atoms with Crippen LogP contribution >= 0.6 is 0 Å². The van der Waals surface area contributed by atoms with Gasteiger partial charge >= 0.3 is 5.97 Å². The molecule has 0 amide bonds. The number of nitro groups is 1.